The summed E-state index contributed by atoms with van der Waals surface area (Å²) in [5.74, 6) is 0. The van der Waals surface area contributed by atoms with E-state index in [-0.39, 0.29) is 5.56 Å². The summed E-state index contributed by atoms with van der Waals surface area (Å²) in [4.78, 5) is 11.0. The average Bonchev–Trinajstić information content (AvgIpc) is 2.07. The molecule has 4 nitrogen and oxygen atoms in total. The molecule has 12 heavy (non-hydrogen) atoms. The Bertz CT molecular complexity index is 305. The van der Waals surface area contributed by atoms with Crippen LogP contribution in [0.3, 0.4) is 0 Å². The van der Waals surface area contributed by atoms with Crippen LogP contribution in [0.4, 0.5) is 5.69 Å². The number of pyridine rings is 1. The van der Waals surface area contributed by atoms with Crippen LogP contribution in [0.15, 0.2) is 23.1 Å². The largest absolute Gasteiger partial charge is 0.383 e. The van der Waals surface area contributed by atoms with Gasteiger partial charge in [0.15, 0.2) is 0 Å². The molecule has 1 aromatic heterocycles. The number of aryl methyl sites for hydroxylation is 1. The van der Waals surface area contributed by atoms with E-state index in [4.69, 9.17) is 5.73 Å². The molecule has 0 fully saturated rings. The van der Waals surface area contributed by atoms with Crippen molar-refractivity contribution in [1.82, 2.24) is 4.57 Å². The molecule has 0 unspecified atom stereocenters. The van der Waals surface area contributed by atoms with E-state index < -0.39 is 0 Å². The molecule has 0 spiro atoms. The molecular formula is C8H13N3O. The number of aromatic nitrogens is 1. The van der Waals surface area contributed by atoms with Gasteiger partial charge in [-0.1, -0.05) is 0 Å². The van der Waals surface area contributed by atoms with E-state index >= 15 is 0 Å². The fourth-order valence-corrected chi connectivity index (χ4v) is 0.915. The third kappa shape index (κ3) is 2.10. The molecule has 1 rings (SSSR count). The Morgan fingerprint density at radius 3 is 2.92 bits per heavy atom. The average molecular weight is 167 g/mol. The zero-order chi connectivity index (χ0) is 8.97. The standard InChI is InChI=1S/C8H13N3O/c1-11-6-7(10-5-4-9)2-3-8(11)12/h2-3,6,10H,4-5,9H2,1H3. The molecule has 66 valence electrons. The quantitative estimate of drug-likeness (QED) is 0.653. The van der Waals surface area contributed by atoms with Crippen molar-refractivity contribution < 1.29 is 0 Å². The number of rotatable bonds is 3. The molecule has 0 atom stereocenters. The molecule has 0 bridgehead atoms. The van der Waals surface area contributed by atoms with Crippen LogP contribution in [-0.4, -0.2) is 17.7 Å². The maximum Gasteiger partial charge on any atom is 0.250 e. The molecule has 1 heterocycles. The van der Waals surface area contributed by atoms with Crippen molar-refractivity contribution in [3.05, 3.63) is 28.7 Å². The number of nitrogens with one attached hydrogen (secondary N) is 1. The molecule has 0 aliphatic rings. The van der Waals surface area contributed by atoms with Crippen LogP contribution >= 0.6 is 0 Å². The summed E-state index contributed by atoms with van der Waals surface area (Å²) in [7, 11) is 1.72. The number of nitrogens with zero attached hydrogens (tertiary/aromatic N) is 1. The van der Waals surface area contributed by atoms with Gasteiger partial charge in [-0.2, -0.15) is 0 Å². The van der Waals surface area contributed by atoms with E-state index in [0.717, 1.165) is 12.2 Å². The number of nitrogens with two attached hydrogens (primary N) is 1. The lowest BCUT2D eigenvalue weighted by Gasteiger charge is -2.05. The number of anilines is 1. The van der Waals surface area contributed by atoms with E-state index in [9.17, 15) is 4.79 Å². The van der Waals surface area contributed by atoms with Gasteiger partial charge in [-0.25, -0.2) is 0 Å². The second-order valence-corrected chi connectivity index (χ2v) is 2.58. The van der Waals surface area contributed by atoms with Crippen molar-refractivity contribution in [3.8, 4) is 0 Å². The second-order valence-electron chi connectivity index (χ2n) is 2.58. The van der Waals surface area contributed by atoms with E-state index in [1.54, 1.807) is 19.3 Å². The van der Waals surface area contributed by atoms with Gasteiger partial charge in [-0.05, 0) is 6.07 Å². The highest BCUT2D eigenvalue weighted by Gasteiger charge is 1.92. The fraction of sp³-hybridized carbons (Fsp3) is 0.375. The maximum absolute atomic E-state index is 11.0. The Morgan fingerprint density at radius 1 is 1.58 bits per heavy atom. The third-order valence-corrected chi connectivity index (χ3v) is 1.56. The zero-order valence-electron chi connectivity index (χ0n) is 7.08. The highest BCUT2D eigenvalue weighted by molar-refractivity contribution is 5.39. The first-order valence-corrected chi connectivity index (χ1v) is 3.84. The van der Waals surface area contributed by atoms with Crippen LogP contribution in [-0.2, 0) is 7.05 Å². The van der Waals surface area contributed by atoms with Crippen molar-refractivity contribution in [1.29, 1.82) is 0 Å². The Morgan fingerprint density at radius 2 is 2.33 bits per heavy atom. The van der Waals surface area contributed by atoms with Gasteiger partial charge in [-0.15, -0.1) is 0 Å². The highest BCUT2D eigenvalue weighted by atomic mass is 16.1. The molecule has 0 aliphatic heterocycles. The van der Waals surface area contributed by atoms with Gasteiger partial charge in [-0.3, -0.25) is 4.79 Å². The van der Waals surface area contributed by atoms with Gasteiger partial charge in [0.2, 0.25) is 5.56 Å². The molecule has 0 aromatic carbocycles. The normalized spacial score (nSPS) is 9.83. The van der Waals surface area contributed by atoms with Crippen molar-refractivity contribution in [2.24, 2.45) is 12.8 Å². The summed E-state index contributed by atoms with van der Waals surface area (Å²) in [6.45, 7) is 1.31. The van der Waals surface area contributed by atoms with Gasteiger partial charge in [0.1, 0.15) is 0 Å². The summed E-state index contributed by atoms with van der Waals surface area (Å²) < 4.78 is 1.53. The monoisotopic (exact) mass is 167 g/mol. The van der Waals surface area contributed by atoms with Gasteiger partial charge in [0.25, 0.3) is 0 Å². The smallest absolute Gasteiger partial charge is 0.250 e. The predicted octanol–water partition coefficient (Wildman–Crippen LogP) is -0.244. The minimum atomic E-state index is -0.00621. The fourth-order valence-electron chi connectivity index (χ4n) is 0.915. The third-order valence-electron chi connectivity index (χ3n) is 1.56. The molecule has 0 radical (unpaired) electrons. The SMILES string of the molecule is Cn1cc(NCCN)ccc1=O. The Balaban J connectivity index is 2.75. The molecule has 0 aliphatic carbocycles. The first-order valence-electron chi connectivity index (χ1n) is 3.84. The zero-order valence-corrected chi connectivity index (χ0v) is 7.08. The van der Waals surface area contributed by atoms with Gasteiger partial charge in [0.05, 0.1) is 5.69 Å². The summed E-state index contributed by atoms with van der Waals surface area (Å²) in [5, 5.41) is 3.08. The molecule has 1 aromatic rings. The first-order chi connectivity index (χ1) is 5.74. The Hall–Kier alpha value is -1.29. The molecular weight excluding hydrogens is 154 g/mol. The lowest BCUT2D eigenvalue weighted by atomic mass is 10.4. The molecule has 4 heteroatoms. The lowest BCUT2D eigenvalue weighted by molar-refractivity contribution is 0.858. The number of hydrogen-bond acceptors (Lipinski definition) is 3. The van der Waals surface area contributed by atoms with Crippen LogP contribution in [0.5, 0.6) is 0 Å². The van der Waals surface area contributed by atoms with Crippen molar-refractivity contribution >= 4 is 5.69 Å². The summed E-state index contributed by atoms with van der Waals surface area (Å²) in [5.41, 5.74) is 6.23. The topological polar surface area (TPSA) is 60.1 Å². The van der Waals surface area contributed by atoms with Crippen LogP contribution < -0.4 is 16.6 Å². The van der Waals surface area contributed by atoms with Gasteiger partial charge in [0, 0.05) is 32.4 Å². The van der Waals surface area contributed by atoms with Crippen molar-refractivity contribution in [3.63, 3.8) is 0 Å². The van der Waals surface area contributed by atoms with Crippen LogP contribution in [0, 0.1) is 0 Å². The molecule has 0 amide bonds. The summed E-state index contributed by atoms with van der Waals surface area (Å²) >= 11 is 0. The summed E-state index contributed by atoms with van der Waals surface area (Å²) in [6, 6.07) is 3.27. The minimum Gasteiger partial charge on any atom is -0.383 e. The predicted molar refractivity (Wildman–Crippen MR) is 49.2 cm³/mol. The van der Waals surface area contributed by atoms with E-state index in [1.165, 1.54) is 10.6 Å². The van der Waals surface area contributed by atoms with E-state index in [0.29, 0.717) is 6.54 Å². The second kappa shape index (κ2) is 3.92. The van der Waals surface area contributed by atoms with Crippen LogP contribution in [0.25, 0.3) is 0 Å². The first kappa shape index (κ1) is 8.80. The number of hydrogen-bond donors (Lipinski definition) is 2. The Labute approximate surface area is 71.0 Å². The van der Waals surface area contributed by atoms with Crippen LogP contribution in [0.2, 0.25) is 0 Å². The molecule has 3 N–H and O–H groups in total. The van der Waals surface area contributed by atoms with Gasteiger partial charge < -0.3 is 15.6 Å². The van der Waals surface area contributed by atoms with E-state index in [1.807, 2.05) is 0 Å². The summed E-state index contributed by atoms with van der Waals surface area (Å²) in [6.07, 6.45) is 1.75. The van der Waals surface area contributed by atoms with Crippen LogP contribution in [0.1, 0.15) is 0 Å². The van der Waals surface area contributed by atoms with Crippen molar-refractivity contribution in [2.45, 2.75) is 0 Å². The molecule has 0 saturated carbocycles. The van der Waals surface area contributed by atoms with E-state index in [2.05, 4.69) is 5.32 Å². The molecule has 0 saturated heterocycles. The Kier molecular flexibility index (Phi) is 2.88. The lowest BCUT2D eigenvalue weighted by Crippen LogP contribution is -2.17. The minimum absolute atomic E-state index is 0.00621. The van der Waals surface area contributed by atoms with Gasteiger partial charge >= 0.3 is 0 Å². The highest BCUT2D eigenvalue weighted by Crippen LogP contribution is 2.00. The van der Waals surface area contributed by atoms with Crippen molar-refractivity contribution in [2.75, 3.05) is 18.4 Å². The maximum atomic E-state index is 11.0.